The maximum absolute atomic E-state index is 2.54. The Labute approximate surface area is 94.1 Å². The molecule has 2 saturated carbocycles. The van der Waals surface area contributed by atoms with E-state index < -0.39 is 0 Å². The molecule has 0 N–H and O–H groups in total. The zero-order valence-electron chi connectivity index (χ0n) is 10.4. The van der Waals surface area contributed by atoms with Crippen molar-refractivity contribution in [3.05, 3.63) is 11.6 Å². The Bertz CT molecular complexity index is 286. The van der Waals surface area contributed by atoms with Crippen LogP contribution >= 0.6 is 0 Å². The topological polar surface area (TPSA) is 0 Å². The summed E-state index contributed by atoms with van der Waals surface area (Å²) in [6, 6.07) is 0. The fourth-order valence-electron chi connectivity index (χ4n) is 3.58. The molecule has 2 fully saturated rings. The molecule has 0 aromatic heterocycles. The first-order valence-corrected chi connectivity index (χ1v) is 6.92. The van der Waals surface area contributed by atoms with E-state index in [2.05, 4.69) is 26.8 Å². The second-order valence-corrected chi connectivity index (χ2v) is 6.41. The molecule has 0 nitrogen and oxygen atoms in total. The van der Waals surface area contributed by atoms with Crippen LogP contribution in [0, 0.1) is 35.5 Å². The molecule has 5 unspecified atom stereocenters. The van der Waals surface area contributed by atoms with Gasteiger partial charge in [0.05, 0.1) is 0 Å². The molecule has 0 heterocycles. The summed E-state index contributed by atoms with van der Waals surface area (Å²) in [6.45, 7) is 7.04. The van der Waals surface area contributed by atoms with Gasteiger partial charge in [-0.25, -0.2) is 0 Å². The smallest absolute Gasteiger partial charge is 0.00135 e. The quantitative estimate of drug-likeness (QED) is 0.587. The van der Waals surface area contributed by atoms with Crippen LogP contribution in [0.3, 0.4) is 0 Å². The Morgan fingerprint density at radius 2 is 2.00 bits per heavy atom. The fourth-order valence-corrected chi connectivity index (χ4v) is 3.58. The van der Waals surface area contributed by atoms with E-state index in [1.807, 2.05) is 0 Å². The lowest BCUT2D eigenvalue weighted by Gasteiger charge is -2.02. The number of hydrogen-bond donors (Lipinski definition) is 0. The number of hydrogen-bond acceptors (Lipinski definition) is 0. The minimum Gasteiger partial charge on any atom is -0.0770 e. The van der Waals surface area contributed by atoms with Crippen molar-refractivity contribution in [3.8, 4) is 0 Å². The van der Waals surface area contributed by atoms with Crippen LogP contribution in [0.1, 0.15) is 46.5 Å². The normalized spacial score (nSPS) is 46.7. The third-order valence-electron chi connectivity index (χ3n) is 4.95. The van der Waals surface area contributed by atoms with Gasteiger partial charge in [0.25, 0.3) is 0 Å². The van der Waals surface area contributed by atoms with Gasteiger partial charge in [-0.3, -0.25) is 0 Å². The van der Waals surface area contributed by atoms with Gasteiger partial charge in [0.15, 0.2) is 0 Å². The van der Waals surface area contributed by atoms with E-state index in [1.165, 1.54) is 6.42 Å². The molecule has 0 aromatic carbocycles. The Morgan fingerprint density at radius 3 is 2.53 bits per heavy atom. The SMILES string of the molecule is CCC1CC1CC1CC1C1C=C1C(C)C. The van der Waals surface area contributed by atoms with Crippen LogP contribution in [0.2, 0.25) is 0 Å². The van der Waals surface area contributed by atoms with Crippen molar-refractivity contribution in [2.24, 2.45) is 35.5 Å². The molecule has 0 radical (unpaired) electrons. The maximum Gasteiger partial charge on any atom is 0.00135 e. The van der Waals surface area contributed by atoms with Gasteiger partial charge < -0.3 is 0 Å². The summed E-state index contributed by atoms with van der Waals surface area (Å²) in [5.41, 5.74) is 1.77. The van der Waals surface area contributed by atoms with Crippen LogP contribution in [-0.2, 0) is 0 Å². The summed E-state index contributed by atoms with van der Waals surface area (Å²) in [6.07, 6.45) is 8.64. The Balaban J connectivity index is 1.39. The fraction of sp³-hybridized carbons (Fsp3) is 0.867. The van der Waals surface area contributed by atoms with E-state index in [0.29, 0.717) is 0 Å². The lowest BCUT2D eigenvalue weighted by atomic mass is 10.0. The van der Waals surface area contributed by atoms with Crippen molar-refractivity contribution in [1.29, 1.82) is 0 Å². The monoisotopic (exact) mass is 204 g/mol. The molecule has 0 heteroatoms. The highest BCUT2D eigenvalue weighted by Crippen LogP contribution is 2.60. The lowest BCUT2D eigenvalue weighted by Crippen LogP contribution is -1.95. The number of rotatable bonds is 5. The molecular formula is C15H24. The first-order chi connectivity index (χ1) is 7.20. The van der Waals surface area contributed by atoms with E-state index in [-0.39, 0.29) is 0 Å². The summed E-state index contributed by atoms with van der Waals surface area (Å²) < 4.78 is 0. The molecule has 0 spiro atoms. The van der Waals surface area contributed by atoms with Crippen molar-refractivity contribution in [2.75, 3.05) is 0 Å². The molecule has 0 aromatic rings. The molecule has 0 amide bonds. The average molecular weight is 204 g/mol. The molecule has 5 atom stereocenters. The zero-order valence-corrected chi connectivity index (χ0v) is 10.4. The Hall–Kier alpha value is -0.260. The van der Waals surface area contributed by atoms with E-state index in [1.54, 1.807) is 24.8 Å². The first-order valence-electron chi connectivity index (χ1n) is 6.92. The van der Waals surface area contributed by atoms with Gasteiger partial charge in [-0.1, -0.05) is 38.8 Å². The van der Waals surface area contributed by atoms with E-state index in [0.717, 1.165) is 35.5 Å². The van der Waals surface area contributed by atoms with Crippen LogP contribution in [0.15, 0.2) is 11.6 Å². The van der Waals surface area contributed by atoms with Gasteiger partial charge in [-0.2, -0.15) is 0 Å². The second-order valence-electron chi connectivity index (χ2n) is 6.41. The largest absolute Gasteiger partial charge is 0.0770 e. The van der Waals surface area contributed by atoms with E-state index in [9.17, 15) is 0 Å². The van der Waals surface area contributed by atoms with Gasteiger partial charge >= 0.3 is 0 Å². The van der Waals surface area contributed by atoms with Crippen molar-refractivity contribution in [1.82, 2.24) is 0 Å². The highest BCUT2D eigenvalue weighted by molar-refractivity contribution is 5.34. The molecule has 84 valence electrons. The van der Waals surface area contributed by atoms with Crippen molar-refractivity contribution >= 4 is 0 Å². The Kier molecular flexibility index (Phi) is 2.23. The average Bonchev–Trinajstić information content (AvgIpc) is 3.07. The standard InChI is InChI=1S/C15H24/c1-4-10-5-11(10)6-12-7-14(12)15-8-13(15)9(2)3/h8-12,14-15H,4-7H2,1-3H3. The van der Waals surface area contributed by atoms with Crippen molar-refractivity contribution < 1.29 is 0 Å². The molecule has 3 aliphatic carbocycles. The van der Waals surface area contributed by atoms with Gasteiger partial charge in [0.1, 0.15) is 0 Å². The molecule has 0 aliphatic heterocycles. The summed E-state index contributed by atoms with van der Waals surface area (Å²) in [5.74, 6) is 6.22. The van der Waals surface area contributed by atoms with E-state index in [4.69, 9.17) is 0 Å². The summed E-state index contributed by atoms with van der Waals surface area (Å²) in [4.78, 5) is 0. The summed E-state index contributed by atoms with van der Waals surface area (Å²) in [5, 5.41) is 0. The molecule has 0 bridgehead atoms. The highest BCUT2D eigenvalue weighted by atomic mass is 14.6. The third-order valence-corrected chi connectivity index (χ3v) is 4.95. The predicted molar refractivity (Wildman–Crippen MR) is 64.5 cm³/mol. The minimum atomic E-state index is 0.820. The van der Waals surface area contributed by atoms with Gasteiger partial charge in [-0.15, -0.1) is 0 Å². The Morgan fingerprint density at radius 1 is 1.20 bits per heavy atom. The lowest BCUT2D eigenvalue weighted by molar-refractivity contribution is 0.531. The molecule has 0 saturated heterocycles. The molecule has 15 heavy (non-hydrogen) atoms. The van der Waals surface area contributed by atoms with Gasteiger partial charge in [0, 0.05) is 5.92 Å². The molecule has 3 rings (SSSR count). The zero-order chi connectivity index (χ0) is 10.6. The van der Waals surface area contributed by atoms with Crippen LogP contribution in [0.4, 0.5) is 0 Å². The maximum atomic E-state index is 2.54. The van der Waals surface area contributed by atoms with Crippen molar-refractivity contribution in [2.45, 2.75) is 46.5 Å². The van der Waals surface area contributed by atoms with Gasteiger partial charge in [-0.05, 0) is 48.9 Å². The number of allylic oxidation sites excluding steroid dienone is 2. The van der Waals surface area contributed by atoms with Gasteiger partial charge in [0.2, 0.25) is 0 Å². The van der Waals surface area contributed by atoms with Crippen LogP contribution in [-0.4, -0.2) is 0 Å². The van der Waals surface area contributed by atoms with Crippen molar-refractivity contribution in [3.63, 3.8) is 0 Å². The van der Waals surface area contributed by atoms with Crippen LogP contribution < -0.4 is 0 Å². The first kappa shape index (κ1) is 9.93. The highest BCUT2D eigenvalue weighted by Gasteiger charge is 2.51. The van der Waals surface area contributed by atoms with Crippen LogP contribution in [0.5, 0.6) is 0 Å². The predicted octanol–water partition coefficient (Wildman–Crippen LogP) is 4.27. The van der Waals surface area contributed by atoms with Crippen LogP contribution in [0.25, 0.3) is 0 Å². The third kappa shape index (κ3) is 1.88. The summed E-state index contributed by atoms with van der Waals surface area (Å²) in [7, 11) is 0. The second kappa shape index (κ2) is 3.37. The molecular weight excluding hydrogens is 180 g/mol. The van der Waals surface area contributed by atoms with E-state index >= 15 is 0 Å². The summed E-state index contributed by atoms with van der Waals surface area (Å²) >= 11 is 0. The molecule has 3 aliphatic rings. The minimum absolute atomic E-state index is 0.820.